The minimum absolute atomic E-state index is 0.0531. The number of carbonyl (C=O) groups excluding carboxylic acids is 1. The fraction of sp³-hybridized carbons (Fsp3) is 0.391. The molecule has 1 aliphatic carbocycles. The molecule has 152 valence electrons. The van der Waals surface area contributed by atoms with E-state index in [2.05, 4.69) is 10.2 Å². The maximum absolute atomic E-state index is 13.7. The van der Waals surface area contributed by atoms with Gasteiger partial charge in [-0.2, -0.15) is 5.10 Å². The number of hydrogen-bond acceptors (Lipinski definition) is 3. The van der Waals surface area contributed by atoms with Gasteiger partial charge in [0.05, 0.1) is 17.3 Å². The van der Waals surface area contributed by atoms with Crippen molar-refractivity contribution in [2.24, 2.45) is 0 Å². The summed E-state index contributed by atoms with van der Waals surface area (Å²) in [5.41, 5.74) is 3.36. The van der Waals surface area contributed by atoms with Crippen LogP contribution in [0.3, 0.4) is 0 Å². The lowest BCUT2D eigenvalue weighted by molar-refractivity contribution is 0.00679. The van der Waals surface area contributed by atoms with Crippen LogP contribution in [0.15, 0.2) is 30.5 Å². The number of benzene rings is 2. The summed E-state index contributed by atoms with van der Waals surface area (Å²) in [6, 6.07) is 6.23. The molecule has 0 saturated heterocycles. The normalized spacial score (nSPS) is 15.2. The molecule has 4 rings (SSSR count). The second kappa shape index (κ2) is 7.25. The van der Waals surface area contributed by atoms with Crippen molar-refractivity contribution in [1.29, 1.82) is 0 Å². The summed E-state index contributed by atoms with van der Waals surface area (Å²) < 4.78 is 33.0. The second-order valence-corrected chi connectivity index (χ2v) is 8.67. The number of halogens is 2. The van der Waals surface area contributed by atoms with Crippen molar-refractivity contribution in [2.75, 3.05) is 0 Å². The summed E-state index contributed by atoms with van der Waals surface area (Å²) in [5, 5.41) is 7.99. The maximum atomic E-state index is 13.7. The average molecular weight is 398 g/mol. The van der Waals surface area contributed by atoms with Gasteiger partial charge in [-0.1, -0.05) is 0 Å². The Hall–Kier alpha value is -2.76. The number of hydrogen-bond donors (Lipinski definition) is 1. The van der Waals surface area contributed by atoms with Gasteiger partial charge in [0, 0.05) is 5.39 Å². The highest BCUT2D eigenvalue weighted by Crippen LogP contribution is 2.38. The summed E-state index contributed by atoms with van der Waals surface area (Å²) in [6.07, 6.45) is 4.45. The molecule has 0 saturated carbocycles. The molecule has 4 nitrogen and oxygen atoms in total. The van der Waals surface area contributed by atoms with Crippen molar-refractivity contribution >= 4 is 16.9 Å². The van der Waals surface area contributed by atoms with E-state index in [1.54, 1.807) is 12.3 Å². The van der Waals surface area contributed by atoms with Crippen LogP contribution in [0.1, 0.15) is 66.6 Å². The molecule has 3 aromatic rings. The van der Waals surface area contributed by atoms with Gasteiger partial charge in [0.2, 0.25) is 0 Å². The lowest BCUT2D eigenvalue weighted by Crippen LogP contribution is -2.25. The van der Waals surface area contributed by atoms with Crippen LogP contribution in [0, 0.1) is 11.6 Å². The molecule has 29 heavy (non-hydrogen) atoms. The van der Waals surface area contributed by atoms with Crippen LogP contribution < -0.4 is 0 Å². The first-order chi connectivity index (χ1) is 13.7. The van der Waals surface area contributed by atoms with E-state index in [9.17, 15) is 13.6 Å². The fourth-order valence-electron chi connectivity index (χ4n) is 4.18. The lowest BCUT2D eigenvalue weighted by atomic mass is 9.85. The van der Waals surface area contributed by atoms with E-state index >= 15 is 0 Å². The molecule has 0 radical (unpaired) electrons. The molecule has 0 spiro atoms. The molecule has 0 aliphatic heterocycles. The Bertz CT molecular complexity index is 1050. The zero-order chi connectivity index (χ0) is 20.8. The maximum Gasteiger partial charge on any atom is 0.338 e. The van der Waals surface area contributed by atoms with E-state index in [0.717, 1.165) is 40.4 Å². The summed E-state index contributed by atoms with van der Waals surface area (Å²) in [7, 11) is 0. The van der Waals surface area contributed by atoms with Gasteiger partial charge in [0.1, 0.15) is 5.60 Å². The smallest absolute Gasteiger partial charge is 0.338 e. The van der Waals surface area contributed by atoms with Crippen LogP contribution in [0.4, 0.5) is 8.78 Å². The largest absolute Gasteiger partial charge is 0.456 e. The van der Waals surface area contributed by atoms with E-state index in [4.69, 9.17) is 4.74 Å². The molecule has 2 aromatic carbocycles. The summed E-state index contributed by atoms with van der Waals surface area (Å²) in [6.45, 7) is 5.52. The second-order valence-electron chi connectivity index (χ2n) is 8.67. The third kappa shape index (κ3) is 3.88. The van der Waals surface area contributed by atoms with Crippen molar-refractivity contribution in [1.82, 2.24) is 10.2 Å². The Morgan fingerprint density at radius 1 is 1.10 bits per heavy atom. The van der Waals surface area contributed by atoms with E-state index in [0.29, 0.717) is 18.4 Å². The van der Waals surface area contributed by atoms with Crippen molar-refractivity contribution in [2.45, 2.75) is 58.0 Å². The number of aromatic amines is 1. The first-order valence-corrected chi connectivity index (χ1v) is 9.89. The van der Waals surface area contributed by atoms with E-state index < -0.39 is 17.2 Å². The molecule has 1 aromatic heterocycles. The summed E-state index contributed by atoms with van der Waals surface area (Å²) >= 11 is 0. The van der Waals surface area contributed by atoms with Gasteiger partial charge in [0.15, 0.2) is 11.6 Å². The van der Waals surface area contributed by atoms with Crippen LogP contribution in [0.25, 0.3) is 10.9 Å². The number of fused-ring (bicyclic) bond motifs is 2. The fourth-order valence-corrected chi connectivity index (χ4v) is 4.18. The minimum atomic E-state index is -0.811. The molecule has 0 unspecified atom stereocenters. The topological polar surface area (TPSA) is 55.0 Å². The third-order valence-corrected chi connectivity index (χ3v) is 5.46. The molecule has 1 N–H and O–H groups in total. The van der Waals surface area contributed by atoms with Gasteiger partial charge in [-0.3, -0.25) is 5.10 Å². The Morgan fingerprint density at radius 2 is 1.72 bits per heavy atom. The van der Waals surface area contributed by atoms with Gasteiger partial charge in [0.25, 0.3) is 0 Å². The standard InChI is InChI=1S/C23H24F2N2O2/c1-23(2,3)29-22(28)16-8-9-20-17(12-26-27-20)21(16)13-4-6-14-10-18(24)19(25)11-15(14)7-5-13/h8-13H,4-7H2,1-3H3,(H,26,27). The predicted octanol–water partition coefficient (Wildman–Crippen LogP) is 5.46. The number of aryl methyl sites for hydroxylation is 2. The number of rotatable bonds is 2. The SMILES string of the molecule is CC(C)(C)OC(=O)c1ccc2[nH]ncc2c1C1CCc2cc(F)c(F)cc2CC1. The predicted molar refractivity (Wildman–Crippen MR) is 107 cm³/mol. The molecule has 0 atom stereocenters. The number of aromatic nitrogens is 2. The monoisotopic (exact) mass is 398 g/mol. The van der Waals surface area contributed by atoms with Crippen LogP contribution in [0.2, 0.25) is 0 Å². The highest BCUT2D eigenvalue weighted by molar-refractivity contribution is 5.98. The molecular weight excluding hydrogens is 374 g/mol. The zero-order valence-corrected chi connectivity index (χ0v) is 16.8. The quantitative estimate of drug-likeness (QED) is 0.461. The van der Waals surface area contributed by atoms with Crippen molar-refractivity contribution in [3.05, 3.63) is 64.4 Å². The first kappa shape index (κ1) is 19.6. The number of nitrogens with zero attached hydrogens (tertiary/aromatic N) is 1. The van der Waals surface area contributed by atoms with Crippen LogP contribution in [0.5, 0.6) is 0 Å². The number of H-pyrrole nitrogens is 1. The third-order valence-electron chi connectivity index (χ3n) is 5.46. The lowest BCUT2D eigenvalue weighted by Gasteiger charge is -2.23. The van der Waals surface area contributed by atoms with Gasteiger partial charge in [-0.15, -0.1) is 0 Å². The minimum Gasteiger partial charge on any atom is -0.456 e. The Morgan fingerprint density at radius 3 is 2.31 bits per heavy atom. The van der Waals surface area contributed by atoms with Crippen LogP contribution in [-0.2, 0) is 17.6 Å². The molecule has 0 fully saturated rings. The van der Waals surface area contributed by atoms with Gasteiger partial charge >= 0.3 is 5.97 Å². The molecule has 0 amide bonds. The van der Waals surface area contributed by atoms with Crippen LogP contribution >= 0.6 is 0 Å². The molecule has 6 heteroatoms. The number of nitrogens with one attached hydrogen (secondary N) is 1. The Kier molecular flexibility index (Phi) is 4.89. The van der Waals surface area contributed by atoms with Crippen LogP contribution in [-0.4, -0.2) is 21.8 Å². The summed E-state index contributed by atoms with van der Waals surface area (Å²) in [5.74, 6) is -1.94. The Labute approximate surface area is 168 Å². The van der Waals surface area contributed by atoms with E-state index in [1.165, 1.54) is 12.1 Å². The van der Waals surface area contributed by atoms with Gasteiger partial charge in [-0.25, -0.2) is 13.6 Å². The zero-order valence-electron chi connectivity index (χ0n) is 16.8. The van der Waals surface area contributed by atoms with E-state index in [-0.39, 0.29) is 11.9 Å². The van der Waals surface area contributed by atoms with Gasteiger partial charge in [-0.05, 0) is 93.3 Å². The number of carbonyl (C=O) groups is 1. The average Bonchev–Trinajstić information content (AvgIpc) is 3.03. The highest BCUT2D eigenvalue weighted by atomic mass is 19.2. The molecule has 1 aliphatic rings. The Balaban J connectivity index is 1.74. The molecule has 0 bridgehead atoms. The van der Waals surface area contributed by atoms with Crippen molar-refractivity contribution in [3.8, 4) is 0 Å². The highest BCUT2D eigenvalue weighted by Gasteiger charge is 2.28. The summed E-state index contributed by atoms with van der Waals surface area (Å²) in [4.78, 5) is 12.9. The first-order valence-electron chi connectivity index (χ1n) is 9.89. The van der Waals surface area contributed by atoms with Crippen molar-refractivity contribution in [3.63, 3.8) is 0 Å². The molecule has 1 heterocycles. The van der Waals surface area contributed by atoms with Crippen molar-refractivity contribution < 1.29 is 18.3 Å². The number of ether oxygens (including phenoxy) is 1. The van der Waals surface area contributed by atoms with E-state index in [1.807, 2.05) is 26.8 Å². The van der Waals surface area contributed by atoms with Gasteiger partial charge < -0.3 is 4.74 Å². The number of esters is 1. The molecular formula is C23H24F2N2O2.